The zero-order chi connectivity index (χ0) is 4.00. The number of halogens is 4. The first-order valence-electron chi connectivity index (χ1n) is 0.408. The van der Waals surface area contributed by atoms with Gasteiger partial charge in [0.2, 0.25) is 0 Å². The molecule has 0 aromatic rings. The average molecular weight is 666 g/mol. The van der Waals surface area contributed by atoms with Crippen molar-refractivity contribution in [3.05, 3.63) is 0 Å². The van der Waals surface area contributed by atoms with E-state index < -0.39 is 0 Å². The third-order valence-electron chi connectivity index (χ3n) is 0. The fraction of sp³-hybridized carbons (Fsp3) is 0. The molecule has 0 rings (SSSR count). The molecule has 0 bridgehead atoms. The van der Waals surface area contributed by atoms with Gasteiger partial charge in [0.1, 0.15) is 0 Å². The van der Waals surface area contributed by atoms with Crippen molar-refractivity contribution in [1.29, 1.82) is 0 Å². The van der Waals surface area contributed by atoms with Gasteiger partial charge in [-0.2, -0.15) is 0 Å². The molecule has 0 radical (unpaired) electrons. The van der Waals surface area contributed by atoms with Crippen LogP contribution in [0.2, 0.25) is 0 Å². The van der Waals surface area contributed by atoms with E-state index in [0.29, 0.717) is 49.4 Å². The monoisotopic (exact) mass is 657 g/mol. The normalized spacial score (nSPS) is 0.462. The van der Waals surface area contributed by atoms with Crippen LogP contribution in [0.1, 0.15) is 0 Å². The van der Waals surface area contributed by atoms with Crippen molar-refractivity contribution >= 4 is 49.6 Å². The Kier molecular flexibility index (Phi) is 1380. The van der Waals surface area contributed by atoms with Gasteiger partial charge >= 0.3 is 134 Å². The molecule has 13 heteroatoms. The SMILES string of the molecule is Cl.Cl.Cl.Cl.[O-2].[O-2].[O]=[Zr].[O]=[Zr].[Zr+4].[Zr+4].[Zr+4]. The predicted octanol–water partition coefficient (Wildman–Crippen LogP) is 1.20. The second kappa shape index (κ2) is 171. The van der Waals surface area contributed by atoms with Crippen molar-refractivity contribution in [2.75, 3.05) is 0 Å². The standard InChI is InChI=1S/4ClH.4O.5Zr/h4*1H;;;;;;;;;/q;;;;;;2*-2;;;3*+4. The summed E-state index contributed by atoms with van der Waals surface area (Å²) in [4.78, 5) is 0. The van der Waals surface area contributed by atoms with E-state index in [4.69, 9.17) is 5.63 Å². The maximum atomic E-state index is 8.34. The Morgan fingerprint density at radius 2 is 0.462 bits per heavy atom. The van der Waals surface area contributed by atoms with E-state index in [9.17, 15) is 0 Å². The number of hydrogen-bond donors (Lipinski definition) is 0. The molecule has 4 nitrogen and oxygen atoms in total. The minimum atomic E-state index is 0. The maximum Gasteiger partial charge on any atom is 4.00 e. The van der Waals surface area contributed by atoms with Crippen LogP contribution in [-0.2, 0) is 145 Å². The van der Waals surface area contributed by atoms with Crippen molar-refractivity contribution in [3.63, 3.8) is 0 Å². The van der Waals surface area contributed by atoms with Gasteiger partial charge in [-0.1, -0.05) is 0 Å². The Hall–Kier alpha value is 5.10. The van der Waals surface area contributed by atoms with Crippen LogP contribution in [0.4, 0.5) is 0 Å². The van der Waals surface area contributed by atoms with E-state index in [1.54, 1.807) is 0 Å². The van der Waals surface area contributed by atoms with Gasteiger partial charge in [-0.3, -0.25) is 0 Å². The van der Waals surface area contributed by atoms with E-state index >= 15 is 0 Å². The minimum absolute atomic E-state index is 0. The first-order valence-corrected chi connectivity index (χ1v) is 2.42. The number of rotatable bonds is 0. The van der Waals surface area contributed by atoms with E-state index in [2.05, 4.69) is 0 Å². The molecule has 0 fully saturated rings. The molecule has 0 amide bonds. The summed E-state index contributed by atoms with van der Waals surface area (Å²) in [6.45, 7) is 0. The zero-order valence-corrected chi connectivity index (χ0v) is 21.3. The summed E-state index contributed by atoms with van der Waals surface area (Å²) in [6, 6.07) is 0. The summed E-state index contributed by atoms with van der Waals surface area (Å²) in [6.07, 6.45) is 0. The summed E-state index contributed by atoms with van der Waals surface area (Å²) in [5, 5.41) is 0. The van der Waals surface area contributed by atoms with Crippen LogP contribution in [0.5, 0.6) is 0 Å². The van der Waals surface area contributed by atoms with Crippen LogP contribution in [0, 0.1) is 0 Å². The predicted molar refractivity (Wildman–Crippen MR) is 31.7 cm³/mol. The van der Waals surface area contributed by atoms with Crippen molar-refractivity contribution in [2.24, 2.45) is 0 Å². The Balaban J connectivity index is -0.000000000404. The van der Waals surface area contributed by atoms with Gasteiger partial charge in [0.05, 0.1) is 0 Å². The van der Waals surface area contributed by atoms with E-state index in [-0.39, 0.29) is 139 Å². The molecule has 0 unspecified atom stereocenters. The number of hydrogen-bond acceptors (Lipinski definition) is 2. The molecular formula is H4Cl4O4Zr5+8. The maximum absolute atomic E-state index is 8.34. The van der Waals surface area contributed by atoms with E-state index in [1.165, 1.54) is 0 Å². The zero-order valence-electron chi connectivity index (χ0n) is 5.77. The van der Waals surface area contributed by atoms with Crippen molar-refractivity contribution in [3.8, 4) is 0 Å². The van der Waals surface area contributed by atoms with Gasteiger partial charge in [0.15, 0.2) is 0 Å². The first kappa shape index (κ1) is 105. The van der Waals surface area contributed by atoms with Crippen molar-refractivity contribution in [1.82, 2.24) is 0 Å². The Morgan fingerprint density at radius 3 is 0.462 bits per heavy atom. The summed E-state index contributed by atoms with van der Waals surface area (Å²) >= 11 is 0.600. The van der Waals surface area contributed by atoms with Crippen LogP contribution in [-0.4, -0.2) is 0 Å². The molecule has 68 valence electrons. The summed E-state index contributed by atoms with van der Waals surface area (Å²) < 4.78 is 16.7. The Labute approximate surface area is 190 Å². The van der Waals surface area contributed by atoms with Gasteiger partial charge in [0, 0.05) is 0 Å². The van der Waals surface area contributed by atoms with Gasteiger partial charge in [0.25, 0.3) is 0 Å². The van der Waals surface area contributed by atoms with Gasteiger partial charge in [-0.25, -0.2) is 0 Å². The van der Waals surface area contributed by atoms with Gasteiger partial charge in [-0.15, -0.1) is 49.6 Å². The second-order valence-electron chi connectivity index (χ2n) is 0. The van der Waals surface area contributed by atoms with Crippen LogP contribution in [0.15, 0.2) is 0 Å². The molecule has 0 aliphatic heterocycles. The first-order chi connectivity index (χ1) is 2.00. The average Bonchev–Trinajstić information content (AvgIpc) is 1.50. The third-order valence-corrected chi connectivity index (χ3v) is 0. The summed E-state index contributed by atoms with van der Waals surface area (Å²) in [5.74, 6) is 0. The minimum Gasteiger partial charge on any atom is 4.00 e. The molecule has 0 aliphatic rings. The van der Waals surface area contributed by atoms with Crippen molar-refractivity contribution in [2.45, 2.75) is 0 Å². The quantitative estimate of drug-likeness (QED) is 0.390. The van der Waals surface area contributed by atoms with Crippen LogP contribution in [0.25, 0.3) is 0 Å². The molecule has 0 heterocycles. The molecule has 0 spiro atoms. The Bertz CT molecular complexity index is 22.5. The molecule has 0 aliphatic carbocycles. The van der Waals surface area contributed by atoms with Crippen molar-refractivity contribution < 1.29 is 145 Å². The second-order valence-corrected chi connectivity index (χ2v) is 0. The molecule has 0 aromatic heterocycles. The Morgan fingerprint density at radius 1 is 0.462 bits per heavy atom. The molecule has 0 N–H and O–H groups in total. The summed E-state index contributed by atoms with van der Waals surface area (Å²) in [5.41, 5.74) is 0. The molecular weight excluding hydrogens is 662 g/mol. The largest absolute Gasteiger partial charge is 4.00 e. The van der Waals surface area contributed by atoms with Gasteiger partial charge < -0.3 is 11.0 Å². The van der Waals surface area contributed by atoms with Crippen LogP contribution >= 0.6 is 49.6 Å². The molecule has 0 saturated heterocycles. The van der Waals surface area contributed by atoms with Gasteiger partial charge in [-0.05, 0) is 0 Å². The van der Waals surface area contributed by atoms with Crippen LogP contribution in [0.3, 0.4) is 0 Å². The van der Waals surface area contributed by atoms with E-state index in [1.807, 2.05) is 0 Å². The smallest absolute Gasteiger partial charge is 4.00 e. The van der Waals surface area contributed by atoms with Crippen LogP contribution < -0.4 is 0 Å². The topological polar surface area (TPSA) is 91.1 Å². The van der Waals surface area contributed by atoms with E-state index in [0.717, 1.165) is 0 Å². The fourth-order valence-electron chi connectivity index (χ4n) is 0. The molecule has 0 aromatic carbocycles. The summed E-state index contributed by atoms with van der Waals surface area (Å²) in [7, 11) is 0. The fourth-order valence-corrected chi connectivity index (χ4v) is 0. The molecule has 0 saturated carbocycles. The molecule has 0 atom stereocenters. The third kappa shape index (κ3) is 150. The molecule has 13 heavy (non-hydrogen) atoms.